The molecule has 1 aliphatic rings. The summed E-state index contributed by atoms with van der Waals surface area (Å²) in [5, 5.41) is 15.4. The van der Waals surface area contributed by atoms with Crippen LogP contribution in [0.3, 0.4) is 0 Å². The average Bonchev–Trinajstić information content (AvgIpc) is 3.53. The van der Waals surface area contributed by atoms with Crippen LogP contribution >= 0.6 is 23.5 Å². The number of carbonyl (C=O) groups is 2. The number of benzene rings is 3. The number of anilines is 1. The van der Waals surface area contributed by atoms with Crippen molar-refractivity contribution in [1.29, 1.82) is 5.26 Å². The van der Waals surface area contributed by atoms with E-state index in [0.717, 1.165) is 5.52 Å². The Morgan fingerprint density at radius 1 is 1.00 bits per heavy atom. The molecule has 0 saturated carbocycles. The second kappa shape index (κ2) is 10.6. The zero-order chi connectivity index (χ0) is 24.9. The highest BCUT2D eigenvalue weighted by Crippen LogP contribution is 2.40. The molecule has 0 fully saturated rings. The molecule has 0 aliphatic carbocycles. The van der Waals surface area contributed by atoms with Crippen molar-refractivity contribution >= 4 is 52.0 Å². The fraction of sp³-hybridized carbons (Fsp3) is 0.0370. The van der Waals surface area contributed by atoms with Crippen LogP contribution in [0.2, 0.25) is 0 Å². The monoisotopic (exact) mass is 510 g/mol. The van der Waals surface area contributed by atoms with Crippen LogP contribution in [0.5, 0.6) is 0 Å². The topological polar surface area (TPSA) is 99.2 Å². The zero-order valence-corrected chi connectivity index (χ0v) is 20.4. The second-order valence-electron chi connectivity index (χ2n) is 7.56. The van der Waals surface area contributed by atoms with Crippen LogP contribution in [0.4, 0.5) is 5.69 Å². The first-order valence-electron chi connectivity index (χ1n) is 10.9. The Hall–Kier alpha value is -4.26. The predicted molar refractivity (Wildman–Crippen MR) is 141 cm³/mol. The molecule has 36 heavy (non-hydrogen) atoms. The molecule has 0 saturated heterocycles. The molecule has 176 valence electrons. The third-order valence-corrected chi connectivity index (χ3v) is 6.98. The van der Waals surface area contributed by atoms with Crippen molar-refractivity contribution in [2.45, 2.75) is 5.22 Å². The Labute approximate surface area is 215 Å². The first kappa shape index (κ1) is 23.5. The Morgan fingerprint density at radius 3 is 2.42 bits per heavy atom. The largest absolute Gasteiger partial charge is 0.431 e. The lowest BCUT2D eigenvalue weighted by Crippen LogP contribution is -2.33. The van der Waals surface area contributed by atoms with Gasteiger partial charge in [0, 0.05) is 16.7 Å². The zero-order valence-electron chi connectivity index (χ0n) is 18.8. The molecule has 9 heteroatoms. The number of nitriles is 1. The van der Waals surface area contributed by atoms with Gasteiger partial charge in [-0.15, -0.1) is 0 Å². The third kappa shape index (κ3) is 4.91. The van der Waals surface area contributed by atoms with Crippen LogP contribution in [0.25, 0.3) is 11.1 Å². The van der Waals surface area contributed by atoms with Gasteiger partial charge >= 0.3 is 0 Å². The van der Waals surface area contributed by atoms with Crippen LogP contribution in [0.1, 0.15) is 10.4 Å². The number of nitrogens with one attached hydrogen (secondary N) is 1. The Kier molecular flexibility index (Phi) is 6.89. The van der Waals surface area contributed by atoms with Crippen molar-refractivity contribution in [2.24, 2.45) is 0 Å². The highest BCUT2D eigenvalue weighted by Gasteiger charge is 2.30. The minimum Gasteiger partial charge on any atom is -0.431 e. The maximum Gasteiger partial charge on any atom is 0.257 e. The number of allylic oxidation sites excluding steroid dienone is 1. The number of nitrogens with zero attached hydrogens (tertiary/aromatic N) is 3. The van der Waals surface area contributed by atoms with Gasteiger partial charge in [0.25, 0.3) is 5.22 Å². The molecule has 1 amide bonds. The summed E-state index contributed by atoms with van der Waals surface area (Å²) < 4.78 is 5.67. The molecule has 0 spiro atoms. The van der Waals surface area contributed by atoms with Gasteiger partial charge < -0.3 is 9.73 Å². The number of Topliss-reactive ketones (excluding diaryl/α,β-unsaturated/α-hetero) is 1. The van der Waals surface area contributed by atoms with Gasteiger partial charge in [-0.3, -0.25) is 14.5 Å². The average molecular weight is 511 g/mol. The van der Waals surface area contributed by atoms with Crippen LogP contribution < -0.4 is 10.2 Å². The van der Waals surface area contributed by atoms with E-state index in [2.05, 4.69) is 16.4 Å². The number of para-hydroxylation sites is 3. The SMILES string of the molecule is N#C/C(C(=O)c1ccccc1)=C1\SC=C(NC(=O)CSc2nc3ccccc3o2)N1c1ccccc1. The summed E-state index contributed by atoms with van der Waals surface area (Å²) in [5.41, 5.74) is 2.52. The molecule has 4 aromatic rings. The lowest BCUT2D eigenvalue weighted by Gasteiger charge is -2.24. The molecule has 0 radical (unpaired) electrons. The number of carbonyl (C=O) groups excluding carboxylic acids is 2. The summed E-state index contributed by atoms with van der Waals surface area (Å²) >= 11 is 2.40. The highest BCUT2D eigenvalue weighted by molar-refractivity contribution is 8.06. The minimum absolute atomic E-state index is 0.00333. The first-order chi connectivity index (χ1) is 17.6. The fourth-order valence-electron chi connectivity index (χ4n) is 3.56. The molecule has 0 bridgehead atoms. The first-order valence-corrected chi connectivity index (χ1v) is 12.7. The number of oxazole rings is 1. The Bertz CT molecular complexity index is 1510. The molecule has 7 nitrogen and oxygen atoms in total. The smallest absolute Gasteiger partial charge is 0.257 e. The van der Waals surface area contributed by atoms with Crippen LogP contribution in [0.15, 0.2) is 116 Å². The van der Waals surface area contributed by atoms with E-state index in [1.165, 1.54) is 23.5 Å². The summed E-state index contributed by atoms with van der Waals surface area (Å²) in [4.78, 5) is 32.1. The quantitative estimate of drug-likeness (QED) is 0.146. The molecule has 1 aliphatic heterocycles. The number of aromatic nitrogens is 1. The van der Waals surface area contributed by atoms with Crippen molar-refractivity contribution in [3.8, 4) is 6.07 Å². The van der Waals surface area contributed by atoms with Gasteiger partial charge in [0.2, 0.25) is 11.7 Å². The summed E-state index contributed by atoms with van der Waals surface area (Å²) in [6.45, 7) is 0. The third-order valence-electron chi connectivity index (χ3n) is 5.20. The van der Waals surface area contributed by atoms with Gasteiger partial charge in [0.15, 0.2) is 5.58 Å². The van der Waals surface area contributed by atoms with Crippen LogP contribution in [-0.2, 0) is 4.79 Å². The number of rotatable bonds is 7. The van der Waals surface area contributed by atoms with Gasteiger partial charge in [-0.1, -0.05) is 84.2 Å². The maximum absolute atomic E-state index is 13.2. The Balaban J connectivity index is 1.38. The van der Waals surface area contributed by atoms with E-state index in [9.17, 15) is 14.9 Å². The van der Waals surface area contributed by atoms with E-state index in [1.807, 2.05) is 60.7 Å². The lowest BCUT2D eigenvalue weighted by molar-refractivity contribution is -0.117. The number of hydrogen-bond donors (Lipinski definition) is 1. The Morgan fingerprint density at radius 2 is 1.69 bits per heavy atom. The molecule has 5 rings (SSSR count). The summed E-state index contributed by atoms with van der Waals surface area (Å²) in [7, 11) is 0. The molecule has 2 heterocycles. The van der Waals surface area contributed by atoms with Crippen LogP contribution in [0, 0.1) is 11.3 Å². The lowest BCUT2D eigenvalue weighted by atomic mass is 10.1. The summed E-state index contributed by atoms with van der Waals surface area (Å²) in [6.07, 6.45) is 0. The molecule has 3 aromatic carbocycles. The molecule has 0 atom stereocenters. The molecule has 0 unspecified atom stereocenters. The number of thioether (sulfide) groups is 2. The van der Waals surface area contributed by atoms with Gasteiger partial charge in [0.1, 0.15) is 28.0 Å². The van der Waals surface area contributed by atoms with Crippen molar-refractivity contribution in [3.05, 3.63) is 112 Å². The minimum atomic E-state index is -0.381. The van der Waals surface area contributed by atoms with Gasteiger partial charge in [-0.05, 0) is 24.3 Å². The fourth-order valence-corrected chi connectivity index (χ4v) is 5.16. The van der Waals surface area contributed by atoms with E-state index in [1.54, 1.807) is 34.6 Å². The van der Waals surface area contributed by atoms with E-state index < -0.39 is 0 Å². The normalized spacial score (nSPS) is 14.3. The van der Waals surface area contributed by atoms with Gasteiger partial charge in [-0.2, -0.15) is 5.26 Å². The second-order valence-corrected chi connectivity index (χ2v) is 9.35. The number of amides is 1. The van der Waals surface area contributed by atoms with Crippen LogP contribution in [-0.4, -0.2) is 22.4 Å². The van der Waals surface area contributed by atoms with E-state index in [4.69, 9.17) is 4.42 Å². The van der Waals surface area contributed by atoms with Crippen molar-refractivity contribution in [2.75, 3.05) is 10.7 Å². The molecular formula is C27H18N4O3S2. The standard InChI is InChI=1S/C27H18N4O3S2/c28-15-20(25(33)18-9-3-1-4-10-18)26-31(19-11-5-2-6-12-19)23(16-35-26)30-24(32)17-36-27-29-21-13-7-8-14-22(21)34-27/h1-14,16H,17H2,(H,30,32)/b26-20+. The van der Waals surface area contributed by atoms with Crippen molar-refractivity contribution < 1.29 is 14.0 Å². The van der Waals surface area contributed by atoms with E-state index in [0.29, 0.717) is 32.9 Å². The predicted octanol–water partition coefficient (Wildman–Crippen LogP) is 5.71. The highest BCUT2D eigenvalue weighted by atomic mass is 32.2. The van der Waals surface area contributed by atoms with Crippen molar-refractivity contribution in [1.82, 2.24) is 10.3 Å². The number of fused-ring (bicyclic) bond motifs is 1. The summed E-state index contributed by atoms with van der Waals surface area (Å²) in [6, 6.07) is 27.4. The molecule has 1 N–H and O–H groups in total. The van der Waals surface area contributed by atoms with Crippen molar-refractivity contribution in [3.63, 3.8) is 0 Å². The molecular weight excluding hydrogens is 492 g/mol. The van der Waals surface area contributed by atoms with Gasteiger partial charge in [0.05, 0.1) is 5.75 Å². The maximum atomic E-state index is 13.2. The number of hydrogen-bond acceptors (Lipinski definition) is 8. The molecule has 1 aromatic heterocycles. The van der Waals surface area contributed by atoms with E-state index >= 15 is 0 Å². The number of ketones is 1. The van der Waals surface area contributed by atoms with Gasteiger partial charge in [-0.25, -0.2) is 4.98 Å². The van der Waals surface area contributed by atoms with E-state index in [-0.39, 0.29) is 23.0 Å². The summed E-state index contributed by atoms with van der Waals surface area (Å²) in [5.74, 6) is -0.124.